The highest BCUT2D eigenvalue weighted by Gasteiger charge is 2.55. The molecule has 2 atom stereocenters. The molecule has 1 saturated carbocycles. The summed E-state index contributed by atoms with van der Waals surface area (Å²) in [7, 11) is 1.93. The lowest BCUT2D eigenvalue weighted by Gasteiger charge is -2.54. The van der Waals surface area contributed by atoms with Crippen molar-refractivity contribution in [2.45, 2.75) is 78.9 Å². The van der Waals surface area contributed by atoms with Gasteiger partial charge in [-0.05, 0) is 45.6 Å². The van der Waals surface area contributed by atoms with Crippen LogP contribution < -0.4 is 0 Å². The molecule has 2 rings (SSSR count). The molecule has 1 heterocycles. The lowest BCUT2D eigenvalue weighted by atomic mass is 9.60. The van der Waals surface area contributed by atoms with Crippen LogP contribution in [0.2, 0.25) is 0 Å². The standard InChI is InChI=1S/C19H32N2O3/c1-7-19(8-2)16(23-9-3)12-17(19)24-18(22)11-10-15-13(4)20-21(6)14(15)5/h16-17H,7-12H2,1-6H3/t16-,17+/m1/s1. The van der Waals surface area contributed by atoms with Crippen molar-refractivity contribution in [3.05, 3.63) is 17.0 Å². The number of aryl methyl sites for hydroxylation is 2. The van der Waals surface area contributed by atoms with Gasteiger partial charge < -0.3 is 9.47 Å². The van der Waals surface area contributed by atoms with E-state index in [0.29, 0.717) is 19.4 Å². The van der Waals surface area contributed by atoms with Gasteiger partial charge in [0.05, 0.1) is 11.8 Å². The molecule has 5 heteroatoms. The van der Waals surface area contributed by atoms with Gasteiger partial charge in [0, 0.05) is 37.6 Å². The molecule has 24 heavy (non-hydrogen) atoms. The minimum Gasteiger partial charge on any atom is -0.462 e. The lowest BCUT2D eigenvalue weighted by Crippen LogP contribution is -2.59. The second-order valence-corrected chi connectivity index (χ2v) is 6.87. The van der Waals surface area contributed by atoms with Gasteiger partial charge in [0.2, 0.25) is 0 Å². The largest absolute Gasteiger partial charge is 0.462 e. The molecular formula is C19H32N2O3. The molecule has 0 unspecified atom stereocenters. The molecule has 1 fully saturated rings. The predicted octanol–water partition coefficient (Wildman–Crippen LogP) is 3.50. The molecule has 0 amide bonds. The van der Waals surface area contributed by atoms with Crippen LogP contribution in [0.3, 0.4) is 0 Å². The van der Waals surface area contributed by atoms with Crippen molar-refractivity contribution < 1.29 is 14.3 Å². The van der Waals surface area contributed by atoms with E-state index < -0.39 is 0 Å². The van der Waals surface area contributed by atoms with E-state index in [-0.39, 0.29) is 23.6 Å². The Morgan fingerprint density at radius 1 is 1.25 bits per heavy atom. The summed E-state index contributed by atoms with van der Waals surface area (Å²) in [5.74, 6) is -0.108. The molecule has 1 aromatic heterocycles. The summed E-state index contributed by atoms with van der Waals surface area (Å²) in [5, 5.41) is 4.40. The molecule has 1 aliphatic rings. The fourth-order valence-corrected chi connectivity index (χ4v) is 4.10. The first kappa shape index (κ1) is 19.0. The van der Waals surface area contributed by atoms with Crippen molar-refractivity contribution in [2.75, 3.05) is 6.61 Å². The molecule has 1 aromatic rings. The molecule has 0 aliphatic heterocycles. The summed E-state index contributed by atoms with van der Waals surface area (Å²) in [6.45, 7) is 11.1. The van der Waals surface area contributed by atoms with Gasteiger partial charge in [0.25, 0.3) is 0 Å². The van der Waals surface area contributed by atoms with Crippen molar-refractivity contribution in [1.82, 2.24) is 9.78 Å². The second-order valence-electron chi connectivity index (χ2n) is 6.87. The van der Waals surface area contributed by atoms with E-state index in [0.717, 1.165) is 36.2 Å². The zero-order valence-electron chi connectivity index (χ0n) is 16.0. The van der Waals surface area contributed by atoms with Gasteiger partial charge in [-0.25, -0.2) is 0 Å². The molecule has 1 aliphatic carbocycles. The Hall–Kier alpha value is -1.36. The smallest absolute Gasteiger partial charge is 0.306 e. The maximum absolute atomic E-state index is 12.3. The van der Waals surface area contributed by atoms with Crippen LogP contribution in [0.4, 0.5) is 0 Å². The van der Waals surface area contributed by atoms with E-state index in [1.807, 2.05) is 32.5 Å². The quantitative estimate of drug-likeness (QED) is 0.682. The lowest BCUT2D eigenvalue weighted by molar-refractivity contribution is -0.215. The van der Waals surface area contributed by atoms with E-state index in [9.17, 15) is 4.79 Å². The number of rotatable bonds is 8. The second kappa shape index (κ2) is 7.68. The third-order valence-electron chi connectivity index (χ3n) is 5.91. The Bertz CT molecular complexity index is 575. The van der Waals surface area contributed by atoms with Crippen LogP contribution in [0, 0.1) is 19.3 Å². The molecule has 0 radical (unpaired) electrons. The Labute approximate surface area is 145 Å². The van der Waals surface area contributed by atoms with E-state index in [2.05, 4.69) is 18.9 Å². The first-order valence-electron chi connectivity index (χ1n) is 9.19. The predicted molar refractivity (Wildman–Crippen MR) is 93.9 cm³/mol. The van der Waals surface area contributed by atoms with Crippen LogP contribution in [0.1, 0.15) is 63.4 Å². The van der Waals surface area contributed by atoms with Gasteiger partial charge in [0.1, 0.15) is 6.10 Å². The maximum Gasteiger partial charge on any atom is 0.306 e. The summed E-state index contributed by atoms with van der Waals surface area (Å²) < 4.78 is 13.5. The average molecular weight is 336 g/mol. The number of hydrogen-bond donors (Lipinski definition) is 0. The van der Waals surface area contributed by atoms with E-state index in [1.165, 1.54) is 0 Å². The number of carbonyl (C=O) groups excluding carboxylic acids is 1. The number of nitrogens with zero attached hydrogens (tertiary/aromatic N) is 2. The Balaban J connectivity index is 1.93. The minimum atomic E-state index is -0.108. The summed E-state index contributed by atoms with van der Waals surface area (Å²) in [5.41, 5.74) is 3.27. The number of esters is 1. The van der Waals surface area contributed by atoms with Crippen molar-refractivity contribution in [3.8, 4) is 0 Å². The van der Waals surface area contributed by atoms with Crippen LogP contribution in [-0.2, 0) is 27.7 Å². The maximum atomic E-state index is 12.3. The summed E-state index contributed by atoms with van der Waals surface area (Å²) >= 11 is 0. The number of hydrogen-bond acceptors (Lipinski definition) is 4. The van der Waals surface area contributed by atoms with Crippen molar-refractivity contribution in [1.29, 1.82) is 0 Å². The number of carbonyl (C=O) groups is 1. The van der Waals surface area contributed by atoms with Gasteiger partial charge in [-0.15, -0.1) is 0 Å². The highest BCUT2D eigenvalue weighted by molar-refractivity contribution is 5.70. The van der Waals surface area contributed by atoms with Crippen LogP contribution in [-0.4, -0.2) is 34.6 Å². The Morgan fingerprint density at radius 3 is 2.42 bits per heavy atom. The topological polar surface area (TPSA) is 53.4 Å². The monoisotopic (exact) mass is 336 g/mol. The van der Waals surface area contributed by atoms with Crippen molar-refractivity contribution in [3.63, 3.8) is 0 Å². The van der Waals surface area contributed by atoms with Gasteiger partial charge >= 0.3 is 5.97 Å². The van der Waals surface area contributed by atoms with Crippen molar-refractivity contribution in [2.24, 2.45) is 12.5 Å². The first-order valence-corrected chi connectivity index (χ1v) is 9.19. The molecular weight excluding hydrogens is 304 g/mol. The SMILES string of the molecule is CCO[C@@H]1C[C@H](OC(=O)CCc2c(C)nn(C)c2C)C1(CC)CC. The summed E-state index contributed by atoms with van der Waals surface area (Å²) in [6, 6.07) is 0. The number of ether oxygens (including phenoxy) is 2. The Kier molecular flexibility index (Phi) is 6.07. The molecule has 0 saturated heterocycles. The summed E-state index contributed by atoms with van der Waals surface area (Å²) in [4.78, 5) is 12.3. The minimum absolute atomic E-state index is 0.00681. The average Bonchev–Trinajstić information content (AvgIpc) is 2.78. The molecule has 5 nitrogen and oxygen atoms in total. The normalized spacial score (nSPS) is 22.2. The van der Waals surface area contributed by atoms with Gasteiger partial charge in [-0.3, -0.25) is 9.48 Å². The highest BCUT2D eigenvalue weighted by Crippen LogP contribution is 2.50. The van der Waals surface area contributed by atoms with Gasteiger partial charge in [-0.1, -0.05) is 13.8 Å². The fourth-order valence-electron chi connectivity index (χ4n) is 4.10. The van der Waals surface area contributed by atoms with Crippen LogP contribution in [0.15, 0.2) is 0 Å². The van der Waals surface area contributed by atoms with E-state index >= 15 is 0 Å². The third-order valence-corrected chi connectivity index (χ3v) is 5.91. The molecule has 136 valence electrons. The van der Waals surface area contributed by atoms with E-state index in [4.69, 9.17) is 9.47 Å². The molecule has 0 bridgehead atoms. The Morgan fingerprint density at radius 2 is 1.92 bits per heavy atom. The highest BCUT2D eigenvalue weighted by atomic mass is 16.6. The molecule has 0 spiro atoms. The molecule has 0 N–H and O–H groups in total. The number of aromatic nitrogens is 2. The summed E-state index contributed by atoms with van der Waals surface area (Å²) in [6.07, 6.45) is 4.10. The van der Waals surface area contributed by atoms with Crippen LogP contribution >= 0.6 is 0 Å². The third kappa shape index (κ3) is 3.37. The first-order chi connectivity index (χ1) is 11.4. The fraction of sp³-hybridized carbons (Fsp3) is 0.789. The zero-order valence-corrected chi connectivity index (χ0v) is 16.0. The van der Waals surface area contributed by atoms with Crippen LogP contribution in [0.5, 0.6) is 0 Å². The van der Waals surface area contributed by atoms with E-state index in [1.54, 1.807) is 0 Å². The zero-order chi connectivity index (χ0) is 17.9. The molecule has 0 aromatic carbocycles. The van der Waals surface area contributed by atoms with Gasteiger partial charge in [-0.2, -0.15) is 5.10 Å². The van der Waals surface area contributed by atoms with Crippen molar-refractivity contribution >= 4 is 5.97 Å². The van der Waals surface area contributed by atoms with Crippen LogP contribution in [0.25, 0.3) is 0 Å². The van der Waals surface area contributed by atoms with Gasteiger partial charge in [0.15, 0.2) is 0 Å².